The molecule has 0 unspecified atom stereocenters. The number of hydrogen-bond acceptors (Lipinski definition) is 4. The van der Waals surface area contributed by atoms with Crippen LogP contribution in [0.2, 0.25) is 0 Å². The summed E-state index contributed by atoms with van der Waals surface area (Å²) in [6, 6.07) is 16.5. The van der Waals surface area contributed by atoms with Crippen molar-refractivity contribution in [3.63, 3.8) is 0 Å². The molecule has 1 amide bonds. The Morgan fingerprint density at radius 2 is 1.86 bits per heavy atom. The molecule has 0 radical (unpaired) electrons. The summed E-state index contributed by atoms with van der Waals surface area (Å²) in [5.74, 6) is 0.599. The fraction of sp³-hybridized carbons (Fsp3) is 0.318. The third kappa shape index (κ3) is 2.92. The molecule has 1 atom stereocenters. The molecule has 1 aliphatic heterocycles. The quantitative estimate of drug-likeness (QED) is 0.381. The van der Waals surface area contributed by atoms with Gasteiger partial charge >= 0.3 is 0 Å². The lowest BCUT2D eigenvalue weighted by molar-refractivity contribution is -0.131. The largest absolute Gasteiger partial charge is 0.339 e. The Morgan fingerprint density at radius 3 is 2.71 bits per heavy atom. The summed E-state index contributed by atoms with van der Waals surface area (Å²) in [6.07, 6.45) is 3.42. The van der Waals surface area contributed by atoms with Crippen LogP contribution in [0.15, 0.2) is 53.7 Å². The van der Waals surface area contributed by atoms with E-state index >= 15 is 0 Å². The van der Waals surface area contributed by atoms with Crippen molar-refractivity contribution >= 4 is 45.3 Å². The molecule has 142 valence electrons. The zero-order valence-electron chi connectivity index (χ0n) is 15.8. The molecule has 0 N–H and O–H groups in total. The van der Waals surface area contributed by atoms with Crippen LogP contribution in [0.4, 0.5) is 0 Å². The van der Waals surface area contributed by atoms with Gasteiger partial charge in [0.25, 0.3) is 0 Å². The molecule has 0 bridgehead atoms. The third-order valence-corrected chi connectivity index (χ3v) is 6.48. The van der Waals surface area contributed by atoms with Crippen molar-refractivity contribution in [3.8, 4) is 0 Å². The van der Waals surface area contributed by atoms with Crippen LogP contribution in [0.25, 0.3) is 27.6 Å². The van der Waals surface area contributed by atoms with Gasteiger partial charge in [-0.2, -0.15) is 0 Å². The van der Waals surface area contributed by atoms with E-state index in [2.05, 4.69) is 23.5 Å². The second-order valence-corrected chi connectivity index (χ2v) is 8.33. The summed E-state index contributed by atoms with van der Waals surface area (Å²) in [4.78, 5) is 24.6. The van der Waals surface area contributed by atoms with E-state index in [1.807, 2.05) is 41.3 Å². The smallest absolute Gasteiger partial charge is 0.233 e. The SMILES string of the molecule is C[C@@H]1CCCCN1C(=O)CSc1nc2ccccc2c2nc3ccccc3n12. The standard InChI is InChI=1S/C22H22N4OS/c1-15-8-6-7-13-25(15)20(27)14-28-22-24-17-10-3-2-9-16(17)21-23-18-11-4-5-12-19(18)26(21)22/h2-5,9-12,15H,6-8,13-14H2,1H3/t15-/m1/s1. The van der Waals surface area contributed by atoms with E-state index in [0.29, 0.717) is 11.8 Å². The van der Waals surface area contributed by atoms with Crippen molar-refractivity contribution in [2.75, 3.05) is 12.3 Å². The summed E-state index contributed by atoms with van der Waals surface area (Å²) in [5.41, 5.74) is 3.77. The molecule has 4 aromatic rings. The minimum absolute atomic E-state index is 0.199. The van der Waals surface area contributed by atoms with E-state index in [1.54, 1.807) is 0 Å². The molecule has 0 aliphatic carbocycles. The van der Waals surface area contributed by atoms with E-state index < -0.39 is 0 Å². The molecule has 3 heterocycles. The fourth-order valence-electron chi connectivity index (χ4n) is 4.09. The summed E-state index contributed by atoms with van der Waals surface area (Å²) in [7, 11) is 0. The van der Waals surface area contributed by atoms with Gasteiger partial charge in [0.05, 0.1) is 22.3 Å². The number of amides is 1. The molecule has 1 aliphatic rings. The van der Waals surface area contributed by atoms with Gasteiger partial charge in [0.2, 0.25) is 5.91 Å². The summed E-state index contributed by atoms with van der Waals surface area (Å²) < 4.78 is 2.09. The normalized spacial score (nSPS) is 17.6. The monoisotopic (exact) mass is 390 g/mol. The first-order valence-electron chi connectivity index (χ1n) is 9.80. The number of thioether (sulfide) groups is 1. The van der Waals surface area contributed by atoms with E-state index in [9.17, 15) is 4.79 Å². The highest BCUT2D eigenvalue weighted by atomic mass is 32.2. The van der Waals surface area contributed by atoms with Crippen molar-refractivity contribution in [1.29, 1.82) is 0 Å². The number of carbonyl (C=O) groups is 1. The zero-order chi connectivity index (χ0) is 19.1. The van der Waals surface area contributed by atoms with E-state index in [0.717, 1.165) is 52.1 Å². The summed E-state index contributed by atoms with van der Waals surface area (Å²) in [5, 5.41) is 1.85. The minimum atomic E-state index is 0.199. The predicted molar refractivity (Wildman–Crippen MR) is 114 cm³/mol. The van der Waals surface area contributed by atoms with Gasteiger partial charge in [-0.1, -0.05) is 36.0 Å². The van der Waals surface area contributed by atoms with Crippen molar-refractivity contribution in [3.05, 3.63) is 48.5 Å². The number of fused-ring (bicyclic) bond motifs is 5. The zero-order valence-corrected chi connectivity index (χ0v) is 16.7. The topological polar surface area (TPSA) is 50.5 Å². The predicted octanol–water partition coefficient (Wildman–Crippen LogP) is 4.53. The van der Waals surface area contributed by atoms with E-state index in [1.165, 1.54) is 18.2 Å². The Balaban J connectivity index is 1.57. The van der Waals surface area contributed by atoms with Crippen molar-refractivity contribution in [2.45, 2.75) is 37.4 Å². The first kappa shape index (κ1) is 17.5. The van der Waals surface area contributed by atoms with E-state index in [4.69, 9.17) is 9.97 Å². The molecule has 1 saturated heterocycles. The van der Waals surface area contributed by atoms with Crippen LogP contribution < -0.4 is 0 Å². The second kappa shape index (κ2) is 7.09. The van der Waals surface area contributed by atoms with Crippen LogP contribution in [0.5, 0.6) is 0 Å². The first-order valence-corrected chi connectivity index (χ1v) is 10.8. The number of piperidine rings is 1. The van der Waals surface area contributed by atoms with Crippen LogP contribution >= 0.6 is 11.8 Å². The first-order chi connectivity index (χ1) is 13.7. The van der Waals surface area contributed by atoms with Gasteiger partial charge in [0.15, 0.2) is 5.16 Å². The average molecular weight is 391 g/mol. The third-order valence-electron chi connectivity index (χ3n) is 5.56. The number of likely N-dealkylation sites (tertiary alicyclic amines) is 1. The van der Waals surface area contributed by atoms with Gasteiger partial charge in [-0.05, 0) is 50.5 Å². The molecule has 28 heavy (non-hydrogen) atoms. The van der Waals surface area contributed by atoms with Crippen LogP contribution in [0.3, 0.4) is 0 Å². The van der Waals surface area contributed by atoms with Crippen LogP contribution in [-0.2, 0) is 4.79 Å². The number of hydrogen-bond donors (Lipinski definition) is 0. The lowest BCUT2D eigenvalue weighted by Gasteiger charge is -2.33. The molecule has 0 spiro atoms. The highest BCUT2D eigenvalue weighted by molar-refractivity contribution is 7.99. The highest BCUT2D eigenvalue weighted by Crippen LogP contribution is 2.29. The van der Waals surface area contributed by atoms with Gasteiger partial charge < -0.3 is 4.90 Å². The summed E-state index contributed by atoms with van der Waals surface area (Å²) in [6.45, 7) is 3.02. The molecule has 0 saturated carbocycles. The summed E-state index contributed by atoms with van der Waals surface area (Å²) >= 11 is 1.51. The van der Waals surface area contributed by atoms with Gasteiger partial charge in [0, 0.05) is 18.0 Å². The van der Waals surface area contributed by atoms with Gasteiger partial charge in [0.1, 0.15) is 5.65 Å². The fourth-order valence-corrected chi connectivity index (χ4v) is 4.98. The number of carbonyl (C=O) groups excluding carboxylic acids is 1. The lowest BCUT2D eigenvalue weighted by Crippen LogP contribution is -2.42. The maximum absolute atomic E-state index is 12.8. The van der Waals surface area contributed by atoms with Crippen molar-refractivity contribution < 1.29 is 4.79 Å². The van der Waals surface area contributed by atoms with Gasteiger partial charge in [-0.3, -0.25) is 9.20 Å². The Kier molecular flexibility index (Phi) is 4.43. The Morgan fingerprint density at radius 1 is 1.07 bits per heavy atom. The molecule has 1 fully saturated rings. The maximum Gasteiger partial charge on any atom is 0.233 e. The van der Waals surface area contributed by atoms with Crippen molar-refractivity contribution in [2.24, 2.45) is 0 Å². The molecular formula is C22H22N4OS. The number of benzene rings is 2. The average Bonchev–Trinajstić information content (AvgIpc) is 3.12. The number of nitrogens with zero attached hydrogens (tertiary/aromatic N) is 4. The van der Waals surface area contributed by atoms with Gasteiger partial charge in [-0.25, -0.2) is 9.97 Å². The number of para-hydroxylation sites is 3. The van der Waals surface area contributed by atoms with E-state index in [-0.39, 0.29) is 5.91 Å². The van der Waals surface area contributed by atoms with Crippen LogP contribution in [0, 0.1) is 0 Å². The van der Waals surface area contributed by atoms with Gasteiger partial charge in [-0.15, -0.1) is 0 Å². The number of imidazole rings is 1. The molecule has 6 heteroatoms. The molecular weight excluding hydrogens is 368 g/mol. The van der Waals surface area contributed by atoms with Crippen molar-refractivity contribution in [1.82, 2.24) is 19.3 Å². The second-order valence-electron chi connectivity index (χ2n) is 7.39. The Hall–Kier alpha value is -2.60. The molecule has 2 aromatic carbocycles. The number of aromatic nitrogens is 3. The van der Waals surface area contributed by atoms with Crippen LogP contribution in [0.1, 0.15) is 26.2 Å². The molecule has 2 aromatic heterocycles. The Bertz CT molecular complexity index is 1190. The number of rotatable bonds is 3. The maximum atomic E-state index is 12.8. The Labute approximate surface area is 167 Å². The highest BCUT2D eigenvalue weighted by Gasteiger charge is 2.24. The molecule has 5 nitrogen and oxygen atoms in total. The minimum Gasteiger partial charge on any atom is -0.339 e. The van der Waals surface area contributed by atoms with Crippen LogP contribution in [-0.4, -0.2) is 43.5 Å². The lowest BCUT2D eigenvalue weighted by atomic mass is 10.0. The molecule has 5 rings (SSSR count).